The van der Waals surface area contributed by atoms with E-state index < -0.39 is 0 Å². The summed E-state index contributed by atoms with van der Waals surface area (Å²) in [6.45, 7) is 2.44. The highest BCUT2D eigenvalue weighted by atomic mass is 35.5. The van der Waals surface area contributed by atoms with Crippen molar-refractivity contribution < 1.29 is 9.90 Å². The molecule has 1 aliphatic rings. The molecule has 0 bridgehead atoms. The van der Waals surface area contributed by atoms with Crippen molar-refractivity contribution in [2.24, 2.45) is 13.0 Å². The van der Waals surface area contributed by atoms with Crippen LogP contribution >= 0.6 is 11.6 Å². The van der Waals surface area contributed by atoms with Gasteiger partial charge in [0.25, 0.3) is 0 Å². The largest absolute Gasteiger partial charge is 0.393 e. The van der Waals surface area contributed by atoms with E-state index >= 15 is 0 Å². The van der Waals surface area contributed by atoms with Gasteiger partial charge in [-0.25, -0.2) is 0 Å². The van der Waals surface area contributed by atoms with E-state index in [1.54, 1.807) is 29.8 Å². The minimum atomic E-state index is -0.278. The van der Waals surface area contributed by atoms with Gasteiger partial charge in [0, 0.05) is 38.2 Å². The SMILES string of the molecule is Cc1nn(C)c(Cl)c1/C=C/C(=O)N(C)CC1CCCC1O. The van der Waals surface area contributed by atoms with Gasteiger partial charge in [0.05, 0.1) is 11.8 Å². The second kappa shape index (κ2) is 6.62. The molecule has 0 aliphatic heterocycles. The lowest BCUT2D eigenvalue weighted by Crippen LogP contribution is -2.33. The Hall–Kier alpha value is -1.33. The van der Waals surface area contributed by atoms with Crippen LogP contribution in [-0.2, 0) is 11.8 Å². The molecule has 2 atom stereocenters. The van der Waals surface area contributed by atoms with Crippen LogP contribution in [0.1, 0.15) is 30.5 Å². The fourth-order valence-corrected chi connectivity index (χ4v) is 3.03. The van der Waals surface area contributed by atoms with Crippen molar-refractivity contribution in [1.82, 2.24) is 14.7 Å². The zero-order chi connectivity index (χ0) is 15.6. The van der Waals surface area contributed by atoms with Crippen molar-refractivity contribution in [2.45, 2.75) is 32.3 Å². The van der Waals surface area contributed by atoms with Crippen molar-refractivity contribution in [1.29, 1.82) is 0 Å². The Kier molecular flexibility index (Phi) is 5.06. The lowest BCUT2D eigenvalue weighted by molar-refractivity contribution is -0.125. The molecule has 0 aromatic carbocycles. The number of likely N-dealkylation sites (N-methyl/N-ethyl adjacent to an activating group) is 1. The van der Waals surface area contributed by atoms with Gasteiger partial charge in [-0.15, -0.1) is 0 Å². The third-order valence-electron chi connectivity index (χ3n) is 4.09. The topological polar surface area (TPSA) is 58.4 Å². The average molecular weight is 312 g/mol. The molecule has 6 heteroatoms. The summed E-state index contributed by atoms with van der Waals surface area (Å²) in [5, 5.41) is 14.5. The van der Waals surface area contributed by atoms with Gasteiger partial charge >= 0.3 is 0 Å². The van der Waals surface area contributed by atoms with Crippen molar-refractivity contribution in [2.75, 3.05) is 13.6 Å². The van der Waals surface area contributed by atoms with E-state index in [0.29, 0.717) is 11.7 Å². The summed E-state index contributed by atoms with van der Waals surface area (Å²) < 4.78 is 1.58. The van der Waals surface area contributed by atoms with E-state index in [1.807, 2.05) is 6.92 Å². The molecule has 1 fully saturated rings. The average Bonchev–Trinajstić information content (AvgIpc) is 2.93. The molecule has 21 heavy (non-hydrogen) atoms. The number of nitrogens with zero attached hydrogens (tertiary/aromatic N) is 3. The molecule has 0 saturated heterocycles. The van der Waals surface area contributed by atoms with Crippen LogP contribution in [0.3, 0.4) is 0 Å². The fraction of sp³-hybridized carbons (Fsp3) is 0.600. The summed E-state index contributed by atoms with van der Waals surface area (Å²) >= 11 is 6.12. The number of aliphatic hydroxyl groups is 1. The van der Waals surface area contributed by atoms with Gasteiger partial charge in [-0.05, 0) is 25.8 Å². The van der Waals surface area contributed by atoms with Gasteiger partial charge in [0.2, 0.25) is 5.91 Å². The number of carbonyl (C=O) groups excluding carboxylic acids is 1. The van der Waals surface area contributed by atoms with Gasteiger partial charge in [-0.2, -0.15) is 5.10 Å². The third-order valence-corrected chi connectivity index (χ3v) is 4.54. The van der Waals surface area contributed by atoms with Crippen LogP contribution in [0.4, 0.5) is 0 Å². The van der Waals surface area contributed by atoms with E-state index in [1.165, 1.54) is 6.08 Å². The number of rotatable bonds is 4. The Morgan fingerprint density at radius 2 is 2.29 bits per heavy atom. The van der Waals surface area contributed by atoms with Crippen LogP contribution in [-0.4, -0.2) is 45.4 Å². The number of hydrogen-bond donors (Lipinski definition) is 1. The second-order valence-electron chi connectivity index (χ2n) is 5.72. The predicted octanol–water partition coefficient (Wildman–Crippen LogP) is 2.01. The Labute approximate surface area is 130 Å². The first-order valence-electron chi connectivity index (χ1n) is 7.20. The Balaban J connectivity index is 1.98. The van der Waals surface area contributed by atoms with Crippen LogP contribution in [0.5, 0.6) is 0 Å². The Bertz CT molecular complexity index is 553. The first-order chi connectivity index (χ1) is 9.90. The first-order valence-corrected chi connectivity index (χ1v) is 7.58. The third kappa shape index (κ3) is 3.66. The molecule has 116 valence electrons. The highest BCUT2D eigenvalue weighted by molar-refractivity contribution is 6.31. The van der Waals surface area contributed by atoms with Gasteiger partial charge in [0.15, 0.2) is 0 Å². The van der Waals surface area contributed by atoms with Crippen molar-refractivity contribution in [3.05, 3.63) is 22.5 Å². The van der Waals surface area contributed by atoms with E-state index in [0.717, 1.165) is 30.5 Å². The van der Waals surface area contributed by atoms with Gasteiger partial charge in [-0.3, -0.25) is 9.48 Å². The monoisotopic (exact) mass is 311 g/mol. The van der Waals surface area contributed by atoms with E-state index in [4.69, 9.17) is 11.6 Å². The number of aliphatic hydroxyl groups excluding tert-OH is 1. The summed E-state index contributed by atoms with van der Waals surface area (Å²) in [7, 11) is 3.53. The molecular formula is C15H22ClN3O2. The lowest BCUT2D eigenvalue weighted by Gasteiger charge is -2.22. The number of amides is 1. The van der Waals surface area contributed by atoms with E-state index in [9.17, 15) is 9.90 Å². The summed E-state index contributed by atoms with van der Waals surface area (Å²) in [4.78, 5) is 13.8. The normalized spacial score (nSPS) is 22.1. The quantitative estimate of drug-likeness (QED) is 0.865. The molecule has 1 aromatic heterocycles. The van der Waals surface area contributed by atoms with Crippen LogP contribution in [0.2, 0.25) is 5.15 Å². The zero-order valence-electron chi connectivity index (χ0n) is 12.7. The van der Waals surface area contributed by atoms with Crippen molar-refractivity contribution >= 4 is 23.6 Å². The highest BCUT2D eigenvalue weighted by Crippen LogP contribution is 2.26. The minimum absolute atomic E-state index is 0.0894. The number of aryl methyl sites for hydroxylation is 2. The molecule has 5 nitrogen and oxygen atoms in total. The molecule has 1 N–H and O–H groups in total. The molecule has 1 aromatic rings. The Morgan fingerprint density at radius 1 is 1.57 bits per heavy atom. The van der Waals surface area contributed by atoms with Gasteiger partial charge in [0.1, 0.15) is 5.15 Å². The maximum absolute atomic E-state index is 12.1. The summed E-state index contributed by atoms with van der Waals surface area (Å²) in [6.07, 6.45) is 5.79. The molecule has 1 heterocycles. The molecule has 0 radical (unpaired) electrons. The summed E-state index contributed by atoms with van der Waals surface area (Å²) in [5.74, 6) is 0.101. The molecule has 2 rings (SSSR count). The summed E-state index contributed by atoms with van der Waals surface area (Å²) in [5.41, 5.74) is 1.56. The Morgan fingerprint density at radius 3 is 2.81 bits per heavy atom. The zero-order valence-corrected chi connectivity index (χ0v) is 13.5. The lowest BCUT2D eigenvalue weighted by atomic mass is 10.1. The van der Waals surface area contributed by atoms with Crippen molar-refractivity contribution in [3.63, 3.8) is 0 Å². The van der Waals surface area contributed by atoms with E-state index in [2.05, 4.69) is 5.10 Å². The second-order valence-corrected chi connectivity index (χ2v) is 6.08. The minimum Gasteiger partial charge on any atom is -0.393 e. The van der Waals surface area contributed by atoms with E-state index in [-0.39, 0.29) is 17.9 Å². The van der Waals surface area contributed by atoms with Crippen LogP contribution < -0.4 is 0 Å². The standard InChI is InChI=1S/C15H22ClN3O2/c1-10-12(15(16)19(3)17-10)7-8-14(21)18(2)9-11-5-4-6-13(11)20/h7-8,11,13,20H,4-6,9H2,1-3H3/b8-7+. The molecule has 1 amide bonds. The number of carbonyl (C=O) groups is 1. The maximum atomic E-state index is 12.1. The van der Waals surface area contributed by atoms with Gasteiger partial charge in [-0.1, -0.05) is 18.0 Å². The maximum Gasteiger partial charge on any atom is 0.246 e. The number of halogens is 1. The molecule has 2 unspecified atom stereocenters. The summed E-state index contributed by atoms with van der Waals surface area (Å²) in [6, 6.07) is 0. The smallest absolute Gasteiger partial charge is 0.246 e. The van der Waals surface area contributed by atoms with Crippen molar-refractivity contribution in [3.8, 4) is 0 Å². The molecule has 1 aliphatic carbocycles. The van der Waals surface area contributed by atoms with Gasteiger partial charge < -0.3 is 10.0 Å². The molecular weight excluding hydrogens is 290 g/mol. The number of aromatic nitrogens is 2. The number of hydrogen-bond acceptors (Lipinski definition) is 3. The van der Waals surface area contributed by atoms with Crippen LogP contribution in [0.25, 0.3) is 6.08 Å². The fourth-order valence-electron chi connectivity index (χ4n) is 2.79. The molecule has 1 saturated carbocycles. The first kappa shape index (κ1) is 16.0. The molecule has 0 spiro atoms. The van der Waals surface area contributed by atoms with Crippen LogP contribution in [0, 0.1) is 12.8 Å². The van der Waals surface area contributed by atoms with Crippen LogP contribution in [0.15, 0.2) is 6.08 Å². The highest BCUT2D eigenvalue weighted by Gasteiger charge is 2.27. The predicted molar refractivity (Wildman–Crippen MR) is 83.0 cm³/mol.